The Morgan fingerprint density at radius 3 is 1.35 bits per heavy atom. The maximum atomic E-state index is 11.7. The van der Waals surface area contributed by atoms with Crippen LogP contribution in [0.4, 0.5) is 0 Å². The number of thiol groups is 2. The molecule has 0 aliphatic heterocycles. The van der Waals surface area contributed by atoms with E-state index in [0.717, 1.165) is 0 Å². The van der Waals surface area contributed by atoms with Crippen molar-refractivity contribution in [2.45, 2.75) is 37.2 Å². The van der Waals surface area contributed by atoms with Crippen molar-refractivity contribution in [2.75, 3.05) is 13.1 Å². The summed E-state index contributed by atoms with van der Waals surface area (Å²) in [5.74, 6) is -0.900. The van der Waals surface area contributed by atoms with E-state index in [9.17, 15) is 19.2 Å². The fourth-order valence-electron chi connectivity index (χ4n) is 1.29. The van der Waals surface area contributed by atoms with Crippen molar-refractivity contribution in [1.29, 1.82) is 0 Å². The average Bonchev–Trinajstić information content (AvgIpc) is 2.38. The first-order chi connectivity index (χ1) is 9.23. The van der Waals surface area contributed by atoms with E-state index in [4.69, 9.17) is 0 Å². The summed E-state index contributed by atoms with van der Waals surface area (Å²) in [7, 11) is 0. The smallest absolute Gasteiger partial charge is 0.216 e. The van der Waals surface area contributed by atoms with Crippen molar-refractivity contribution in [3.8, 4) is 0 Å². The summed E-state index contributed by atoms with van der Waals surface area (Å²) in [5.41, 5.74) is 0. The lowest BCUT2D eigenvalue weighted by Gasteiger charge is -2.12. The summed E-state index contributed by atoms with van der Waals surface area (Å²) in [6.45, 7) is 2.98. The number of rotatable bonds is 9. The van der Waals surface area contributed by atoms with Gasteiger partial charge in [-0.05, 0) is 0 Å². The van der Waals surface area contributed by atoms with Gasteiger partial charge in [-0.25, -0.2) is 0 Å². The molecule has 0 aliphatic carbocycles. The molecule has 0 saturated heterocycles. The third-order valence-corrected chi connectivity index (χ3v) is 3.39. The molecule has 114 valence electrons. The van der Waals surface area contributed by atoms with Gasteiger partial charge in [0.05, 0.1) is 10.5 Å². The van der Waals surface area contributed by atoms with Gasteiger partial charge in [-0.1, -0.05) is 0 Å². The van der Waals surface area contributed by atoms with E-state index >= 15 is 0 Å². The minimum atomic E-state index is -0.625. The Kier molecular flexibility index (Phi) is 9.32. The monoisotopic (exact) mass is 320 g/mol. The highest BCUT2D eigenvalue weighted by Crippen LogP contribution is 2.07. The molecule has 6 nitrogen and oxygen atoms in total. The summed E-state index contributed by atoms with van der Waals surface area (Å²) in [6, 6.07) is 0. The van der Waals surface area contributed by atoms with Crippen molar-refractivity contribution in [2.24, 2.45) is 0 Å². The van der Waals surface area contributed by atoms with Crippen LogP contribution in [0, 0.1) is 0 Å². The molecule has 0 saturated carbocycles. The second-order valence-electron chi connectivity index (χ2n) is 4.34. The Hall–Kier alpha value is -1.02. The zero-order valence-corrected chi connectivity index (χ0v) is 13.3. The minimum Gasteiger partial charge on any atom is -0.355 e. The fraction of sp³-hybridized carbons (Fsp3) is 0.667. The molecule has 8 heteroatoms. The van der Waals surface area contributed by atoms with Gasteiger partial charge in [-0.3, -0.25) is 19.2 Å². The Bertz CT molecular complexity index is 352. The molecule has 0 aromatic carbocycles. The topological polar surface area (TPSA) is 92.3 Å². The molecule has 0 aromatic heterocycles. The number of carbonyl (C=O) groups excluding carboxylic acids is 4. The van der Waals surface area contributed by atoms with Gasteiger partial charge >= 0.3 is 0 Å². The second kappa shape index (κ2) is 9.82. The number of nitrogens with one attached hydrogen (secondary N) is 2. The van der Waals surface area contributed by atoms with Gasteiger partial charge in [-0.15, -0.1) is 0 Å². The average molecular weight is 320 g/mol. The summed E-state index contributed by atoms with van der Waals surface area (Å²) in [5, 5.41) is 3.72. The predicted molar refractivity (Wildman–Crippen MR) is 82.2 cm³/mol. The number of carbonyl (C=O) groups is 4. The van der Waals surface area contributed by atoms with E-state index < -0.39 is 10.5 Å². The third kappa shape index (κ3) is 8.98. The predicted octanol–water partition coefficient (Wildman–Crippen LogP) is -0.226. The highest BCUT2D eigenvalue weighted by molar-refractivity contribution is 7.82. The maximum absolute atomic E-state index is 11.7. The third-order valence-electron chi connectivity index (χ3n) is 2.45. The molecule has 0 bridgehead atoms. The number of amides is 2. The van der Waals surface area contributed by atoms with Crippen LogP contribution in [0.25, 0.3) is 0 Å². The van der Waals surface area contributed by atoms with E-state index in [1.165, 1.54) is 13.8 Å². The van der Waals surface area contributed by atoms with Crippen LogP contribution in [0.2, 0.25) is 0 Å². The van der Waals surface area contributed by atoms with Crippen LogP contribution in [0.3, 0.4) is 0 Å². The van der Waals surface area contributed by atoms with E-state index in [-0.39, 0.29) is 49.3 Å². The molecule has 0 aliphatic rings. The van der Waals surface area contributed by atoms with Crippen LogP contribution in [0.15, 0.2) is 0 Å². The van der Waals surface area contributed by atoms with Gasteiger partial charge in [0, 0.05) is 39.8 Å². The molecular weight excluding hydrogens is 300 g/mol. The molecule has 0 heterocycles. The van der Waals surface area contributed by atoms with Crippen LogP contribution in [0.1, 0.15) is 26.7 Å². The normalized spacial score (nSPS) is 13.2. The van der Waals surface area contributed by atoms with Crippen molar-refractivity contribution in [3.63, 3.8) is 0 Å². The summed E-state index contributed by atoms with van der Waals surface area (Å²) in [6.07, 6.45) is 0.0907. The van der Waals surface area contributed by atoms with Crippen LogP contribution in [-0.2, 0) is 19.2 Å². The van der Waals surface area contributed by atoms with Gasteiger partial charge in [-0.2, -0.15) is 25.3 Å². The number of ketones is 2. The summed E-state index contributed by atoms with van der Waals surface area (Å²) >= 11 is 8.14. The lowest BCUT2D eigenvalue weighted by Crippen LogP contribution is -2.34. The minimum absolute atomic E-state index is 0.0454. The molecule has 2 amide bonds. The van der Waals surface area contributed by atoms with E-state index in [0.29, 0.717) is 0 Å². The second-order valence-corrected chi connectivity index (χ2v) is 5.59. The molecule has 2 atom stereocenters. The van der Waals surface area contributed by atoms with Gasteiger partial charge in [0.15, 0.2) is 0 Å². The largest absolute Gasteiger partial charge is 0.355 e. The Morgan fingerprint density at radius 2 is 1.10 bits per heavy atom. The highest BCUT2D eigenvalue weighted by atomic mass is 32.1. The molecule has 20 heavy (non-hydrogen) atoms. The highest BCUT2D eigenvalue weighted by Gasteiger charge is 2.19. The van der Waals surface area contributed by atoms with E-state index in [1.807, 2.05) is 0 Å². The fourth-order valence-corrected chi connectivity index (χ4v) is 1.73. The maximum Gasteiger partial charge on any atom is 0.216 e. The zero-order chi connectivity index (χ0) is 15.7. The van der Waals surface area contributed by atoms with Crippen LogP contribution >= 0.6 is 25.3 Å². The molecule has 2 N–H and O–H groups in total. The molecule has 2 unspecified atom stereocenters. The Morgan fingerprint density at radius 1 is 0.800 bits per heavy atom. The van der Waals surface area contributed by atoms with Crippen molar-refractivity contribution in [1.82, 2.24) is 10.6 Å². The Balaban J connectivity index is 4.01. The number of hydrogen-bond acceptors (Lipinski definition) is 6. The van der Waals surface area contributed by atoms with Crippen LogP contribution in [-0.4, -0.2) is 47.0 Å². The van der Waals surface area contributed by atoms with E-state index in [1.54, 1.807) is 0 Å². The first-order valence-electron chi connectivity index (χ1n) is 6.14. The van der Waals surface area contributed by atoms with Crippen LogP contribution in [0.5, 0.6) is 0 Å². The molecular formula is C12H20N2O4S2. The molecule has 0 aromatic rings. The SMILES string of the molecule is CC(=O)NCC(S)C(=O)CCC(=O)C(S)CNC(C)=O. The zero-order valence-electron chi connectivity index (χ0n) is 11.5. The summed E-state index contributed by atoms with van der Waals surface area (Å²) < 4.78 is 0. The molecule has 0 spiro atoms. The number of Topliss-reactive ketones (excluding diaryl/α,β-unsaturated/α-hetero) is 2. The molecule has 0 fully saturated rings. The van der Waals surface area contributed by atoms with E-state index in [2.05, 4.69) is 35.9 Å². The van der Waals surface area contributed by atoms with Crippen molar-refractivity contribution < 1.29 is 19.2 Å². The van der Waals surface area contributed by atoms with Crippen molar-refractivity contribution >= 4 is 48.6 Å². The lowest BCUT2D eigenvalue weighted by atomic mass is 10.1. The van der Waals surface area contributed by atoms with Crippen LogP contribution < -0.4 is 10.6 Å². The first-order valence-corrected chi connectivity index (χ1v) is 7.17. The lowest BCUT2D eigenvalue weighted by molar-refractivity contribution is -0.124. The first kappa shape index (κ1) is 19.0. The number of hydrogen-bond donors (Lipinski definition) is 4. The standard InChI is InChI=1S/C12H20N2O4S2/c1-7(15)13-5-11(19)9(17)3-4-10(18)12(20)6-14-8(2)16/h11-12,19-20H,3-6H2,1-2H3,(H,13,15)(H,14,16). The van der Waals surface area contributed by atoms with Gasteiger partial charge < -0.3 is 10.6 Å². The quantitative estimate of drug-likeness (QED) is 0.442. The van der Waals surface area contributed by atoms with Gasteiger partial charge in [0.2, 0.25) is 11.8 Å². The van der Waals surface area contributed by atoms with Gasteiger partial charge in [0.1, 0.15) is 11.6 Å². The van der Waals surface area contributed by atoms with Gasteiger partial charge in [0.25, 0.3) is 0 Å². The summed E-state index contributed by atoms with van der Waals surface area (Å²) in [4.78, 5) is 44.7. The molecule has 0 radical (unpaired) electrons. The van der Waals surface area contributed by atoms with Crippen molar-refractivity contribution in [3.05, 3.63) is 0 Å². The Labute approximate surface area is 129 Å². The molecule has 0 rings (SSSR count).